The van der Waals surface area contributed by atoms with E-state index in [1.54, 1.807) is 79.7 Å². The lowest BCUT2D eigenvalue weighted by molar-refractivity contribution is -0.145. The maximum absolute atomic E-state index is 13.9. The number of carbonyl (C=O) groups is 3. The highest BCUT2D eigenvalue weighted by Crippen LogP contribution is 2.46. The fourth-order valence-electron chi connectivity index (χ4n) is 5.90. The van der Waals surface area contributed by atoms with E-state index >= 15 is 0 Å². The zero-order valence-corrected chi connectivity index (χ0v) is 27.9. The summed E-state index contributed by atoms with van der Waals surface area (Å²) in [6.07, 6.45) is 0. The standard InChI is InChI=1S/C44H29NO7/c1-27(2)42(46)50-26-49-35-20-17-32-23-34(16-15-33(32)24-35)44(48)52-39-22-19-30-8-4-6-10-37(30)41(39)40-36-9-5-3-7-29(36)18-21-38(40)51-43(47)31-13-11-28(25-45)12-14-31/h3-24H,1,26H2,2H3. The average Bonchev–Trinajstić information content (AvgIpc) is 3.17. The molecule has 7 aromatic carbocycles. The van der Waals surface area contributed by atoms with Crippen molar-refractivity contribution >= 4 is 50.2 Å². The number of esters is 3. The Morgan fingerprint density at radius 3 is 1.73 bits per heavy atom. The van der Waals surface area contributed by atoms with Crippen molar-refractivity contribution < 1.29 is 33.3 Å². The van der Waals surface area contributed by atoms with E-state index < -0.39 is 17.9 Å². The van der Waals surface area contributed by atoms with Gasteiger partial charge in [-0.3, -0.25) is 0 Å². The average molecular weight is 684 g/mol. The second-order valence-corrected chi connectivity index (χ2v) is 12.0. The molecule has 0 aromatic heterocycles. The van der Waals surface area contributed by atoms with Crippen LogP contribution in [0, 0.1) is 11.3 Å². The number of nitriles is 1. The molecule has 0 amide bonds. The second-order valence-electron chi connectivity index (χ2n) is 12.0. The molecule has 7 rings (SSSR count). The summed E-state index contributed by atoms with van der Waals surface area (Å²) in [5.41, 5.74) is 2.47. The van der Waals surface area contributed by atoms with Gasteiger partial charge in [0.2, 0.25) is 6.79 Å². The molecule has 0 aliphatic carbocycles. The van der Waals surface area contributed by atoms with Crippen LogP contribution in [0.1, 0.15) is 33.2 Å². The zero-order chi connectivity index (χ0) is 36.2. The van der Waals surface area contributed by atoms with Crippen molar-refractivity contribution in [3.63, 3.8) is 0 Å². The van der Waals surface area contributed by atoms with Gasteiger partial charge in [0.25, 0.3) is 0 Å². The Kier molecular flexibility index (Phi) is 9.16. The molecule has 0 N–H and O–H groups in total. The first-order chi connectivity index (χ1) is 25.3. The highest BCUT2D eigenvalue weighted by Gasteiger charge is 2.23. The molecule has 0 aliphatic rings. The number of nitrogens with zero attached hydrogens (tertiary/aromatic N) is 1. The predicted molar refractivity (Wildman–Crippen MR) is 198 cm³/mol. The van der Waals surface area contributed by atoms with Crippen LogP contribution in [0.3, 0.4) is 0 Å². The molecule has 0 saturated carbocycles. The van der Waals surface area contributed by atoms with Gasteiger partial charge in [0, 0.05) is 16.7 Å². The van der Waals surface area contributed by atoms with Gasteiger partial charge in [0.05, 0.1) is 22.8 Å². The molecule has 252 valence electrons. The summed E-state index contributed by atoms with van der Waals surface area (Å²) < 4.78 is 22.8. The lowest BCUT2D eigenvalue weighted by atomic mass is 9.92. The van der Waals surface area contributed by atoms with Gasteiger partial charge in [-0.1, -0.05) is 79.4 Å². The number of carbonyl (C=O) groups excluding carboxylic acids is 3. The zero-order valence-electron chi connectivity index (χ0n) is 27.9. The van der Waals surface area contributed by atoms with Crippen molar-refractivity contribution in [2.24, 2.45) is 0 Å². The lowest BCUT2D eigenvalue weighted by Gasteiger charge is -2.19. The van der Waals surface area contributed by atoms with Gasteiger partial charge in [0.1, 0.15) is 17.2 Å². The molecule has 0 heterocycles. The van der Waals surface area contributed by atoms with Gasteiger partial charge in [-0.2, -0.15) is 5.26 Å². The fraction of sp³-hybridized carbons (Fsp3) is 0.0455. The molecule has 0 radical (unpaired) electrons. The Labute approximate surface area is 298 Å². The SMILES string of the molecule is C=C(C)C(=O)OCOc1ccc2cc(C(=O)Oc3ccc4ccccc4c3-c3c(OC(=O)c4ccc(C#N)cc4)ccc4ccccc34)ccc2c1. The number of ether oxygens (including phenoxy) is 4. The van der Waals surface area contributed by atoms with Crippen LogP contribution in [-0.2, 0) is 9.53 Å². The van der Waals surface area contributed by atoms with Gasteiger partial charge >= 0.3 is 17.9 Å². The summed E-state index contributed by atoms with van der Waals surface area (Å²) in [5.74, 6) is -0.675. The van der Waals surface area contributed by atoms with Crippen LogP contribution in [0.25, 0.3) is 43.4 Å². The molecule has 0 saturated heterocycles. The third-order valence-electron chi connectivity index (χ3n) is 8.50. The van der Waals surface area contributed by atoms with Crippen molar-refractivity contribution in [3.05, 3.63) is 162 Å². The van der Waals surface area contributed by atoms with E-state index in [4.69, 9.17) is 18.9 Å². The van der Waals surface area contributed by atoms with E-state index in [9.17, 15) is 19.6 Å². The molecule has 0 unspecified atom stereocenters. The number of fused-ring (bicyclic) bond motifs is 3. The molecular formula is C44H29NO7. The minimum Gasteiger partial charge on any atom is -0.457 e. The summed E-state index contributed by atoms with van der Waals surface area (Å²) in [6, 6.07) is 41.4. The van der Waals surface area contributed by atoms with Crippen LogP contribution in [0.5, 0.6) is 17.2 Å². The van der Waals surface area contributed by atoms with Gasteiger partial charge in [-0.05, 0) is 99.9 Å². The number of hydrogen-bond donors (Lipinski definition) is 0. The topological polar surface area (TPSA) is 112 Å². The van der Waals surface area contributed by atoms with Gasteiger partial charge in [-0.15, -0.1) is 0 Å². The maximum Gasteiger partial charge on any atom is 0.343 e. The molecule has 0 atom stereocenters. The summed E-state index contributed by atoms with van der Waals surface area (Å²) in [6.45, 7) is 4.85. The summed E-state index contributed by atoms with van der Waals surface area (Å²) in [5, 5.41) is 14.1. The Morgan fingerprint density at radius 1 is 0.615 bits per heavy atom. The lowest BCUT2D eigenvalue weighted by Crippen LogP contribution is -2.11. The number of benzene rings is 7. The molecule has 0 aliphatic heterocycles. The molecule has 52 heavy (non-hydrogen) atoms. The van der Waals surface area contributed by atoms with E-state index in [1.165, 1.54) is 0 Å². The Balaban J connectivity index is 1.26. The number of hydrogen-bond acceptors (Lipinski definition) is 8. The maximum atomic E-state index is 13.9. The van der Waals surface area contributed by atoms with Crippen LogP contribution >= 0.6 is 0 Å². The third kappa shape index (κ3) is 6.79. The highest BCUT2D eigenvalue weighted by atomic mass is 16.7. The minimum atomic E-state index is -0.600. The Bertz CT molecular complexity index is 2600. The van der Waals surface area contributed by atoms with Crippen molar-refractivity contribution in [3.8, 4) is 34.4 Å². The van der Waals surface area contributed by atoms with Gasteiger partial charge in [0.15, 0.2) is 0 Å². The van der Waals surface area contributed by atoms with E-state index in [1.807, 2.05) is 60.7 Å². The van der Waals surface area contributed by atoms with Gasteiger partial charge < -0.3 is 18.9 Å². The molecule has 0 spiro atoms. The predicted octanol–water partition coefficient (Wildman–Crippen LogP) is 9.58. The van der Waals surface area contributed by atoms with E-state index in [0.717, 1.165) is 32.3 Å². The highest BCUT2D eigenvalue weighted by molar-refractivity contribution is 6.11. The first kappa shape index (κ1) is 33.3. The fourth-order valence-corrected chi connectivity index (χ4v) is 5.90. The Hall–Kier alpha value is -7.24. The summed E-state index contributed by atoms with van der Waals surface area (Å²) in [7, 11) is 0. The van der Waals surface area contributed by atoms with Crippen LogP contribution in [-0.4, -0.2) is 24.7 Å². The first-order valence-electron chi connectivity index (χ1n) is 16.3. The molecule has 0 fully saturated rings. The van der Waals surface area contributed by atoms with Crippen LogP contribution in [0.15, 0.2) is 146 Å². The number of rotatable bonds is 9. The van der Waals surface area contributed by atoms with Crippen molar-refractivity contribution in [2.75, 3.05) is 6.79 Å². The largest absolute Gasteiger partial charge is 0.457 e. The summed E-state index contributed by atoms with van der Waals surface area (Å²) in [4.78, 5) is 39.0. The smallest absolute Gasteiger partial charge is 0.343 e. The summed E-state index contributed by atoms with van der Waals surface area (Å²) >= 11 is 0. The van der Waals surface area contributed by atoms with Crippen molar-refractivity contribution in [1.82, 2.24) is 0 Å². The van der Waals surface area contributed by atoms with Crippen molar-refractivity contribution in [2.45, 2.75) is 6.92 Å². The van der Waals surface area contributed by atoms with Crippen molar-refractivity contribution in [1.29, 1.82) is 5.26 Å². The van der Waals surface area contributed by atoms with E-state index in [2.05, 4.69) is 12.6 Å². The third-order valence-corrected chi connectivity index (χ3v) is 8.50. The molecule has 8 heteroatoms. The van der Waals surface area contributed by atoms with Gasteiger partial charge in [-0.25, -0.2) is 14.4 Å². The minimum absolute atomic E-state index is 0.261. The molecule has 8 nitrogen and oxygen atoms in total. The quantitative estimate of drug-likeness (QED) is 0.0640. The Morgan fingerprint density at radius 2 is 1.13 bits per heavy atom. The first-order valence-corrected chi connectivity index (χ1v) is 16.3. The normalized spacial score (nSPS) is 10.8. The molecule has 0 bridgehead atoms. The second kappa shape index (κ2) is 14.3. The monoisotopic (exact) mass is 683 g/mol. The van der Waals surface area contributed by atoms with Crippen LogP contribution < -0.4 is 14.2 Å². The molecule has 7 aromatic rings. The van der Waals surface area contributed by atoms with Crippen LogP contribution in [0.2, 0.25) is 0 Å². The van der Waals surface area contributed by atoms with Crippen LogP contribution in [0.4, 0.5) is 0 Å². The molecular weight excluding hydrogens is 654 g/mol. The van der Waals surface area contributed by atoms with E-state index in [0.29, 0.717) is 28.0 Å². The van der Waals surface area contributed by atoms with E-state index in [-0.39, 0.29) is 29.4 Å².